The second-order valence-corrected chi connectivity index (χ2v) is 4.80. The summed E-state index contributed by atoms with van der Waals surface area (Å²) >= 11 is 0. The van der Waals surface area contributed by atoms with Crippen molar-refractivity contribution in [2.75, 3.05) is 0 Å². The summed E-state index contributed by atoms with van der Waals surface area (Å²) in [4.78, 5) is 27.8. The Bertz CT molecular complexity index is 696. The Balaban J connectivity index is 2.14. The zero-order chi connectivity index (χ0) is 15.4. The second-order valence-electron chi connectivity index (χ2n) is 4.80. The van der Waals surface area contributed by atoms with Crippen molar-refractivity contribution in [1.82, 2.24) is 10.3 Å². The third-order valence-electron chi connectivity index (χ3n) is 3.22. The Morgan fingerprint density at radius 2 is 1.76 bits per heavy atom. The van der Waals surface area contributed by atoms with Gasteiger partial charge < -0.3 is 11.1 Å². The minimum atomic E-state index is -0.539. The highest BCUT2D eigenvalue weighted by molar-refractivity contribution is 6.01. The Morgan fingerprint density at radius 3 is 2.43 bits per heavy atom. The van der Waals surface area contributed by atoms with Crippen molar-refractivity contribution in [1.29, 1.82) is 0 Å². The van der Waals surface area contributed by atoms with Crippen molar-refractivity contribution in [2.24, 2.45) is 5.73 Å². The minimum Gasteiger partial charge on any atom is -0.366 e. The van der Waals surface area contributed by atoms with E-state index in [1.807, 2.05) is 25.1 Å². The molecule has 0 saturated carbocycles. The van der Waals surface area contributed by atoms with Gasteiger partial charge in [0, 0.05) is 16.8 Å². The fourth-order valence-electron chi connectivity index (χ4n) is 2.11. The normalized spacial score (nSPS) is 10.2. The monoisotopic (exact) mass is 283 g/mol. The molecule has 0 bridgehead atoms. The molecule has 1 aromatic heterocycles. The van der Waals surface area contributed by atoms with Crippen molar-refractivity contribution in [3.05, 3.63) is 64.5 Å². The lowest BCUT2D eigenvalue weighted by molar-refractivity contribution is 0.0949. The first kappa shape index (κ1) is 14.7. The lowest BCUT2D eigenvalue weighted by atomic mass is 10.0. The molecule has 5 nitrogen and oxygen atoms in total. The highest BCUT2D eigenvalue weighted by atomic mass is 16.2. The van der Waals surface area contributed by atoms with Crippen LogP contribution in [-0.2, 0) is 6.54 Å². The van der Waals surface area contributed by atoms with Crippen molar-refractivity contribution in [3.63, 3.8) is 0 Å². The summed E-state index contributed by atoms with van der Waals surface area (Å²) in [7, 11) is 0. The first-order valence-electron chi connectivity index (χ1n) is 6.59. The number of hydrogen-bond donors (Lipinski definition) is 2. The predicted molar refractivity (Wildman–Crippen MR) is 79.8 cm³/mol. The van der Waals surface area contributed by atoms with Crippen LogP contribution in [-0.4, -0.2) is 16.8 Å². The Hall–Kier alpha value is -2.69. The van der Waals surface area contributed by atoms with E-state index in [0.717, 1.165) is 11.4 Å². The Morgan fingerprint density at radius 1 is 1.10 bits per heavy atom. The summed E-state index contributed by atoms with van der Waals surface area (Å²) < 4.78 is 0. The van der Waals surface area contributed by atoms with E-state index in [4.69, 9.17) is 5.73 Å². The van der Waals surface area contributed by atoms with Gasteiger partial charge >= 0.3 is 0 Å². The van der Waals surface area contributed by atoms with Gasteiger partial charge in [-0.25, -0.2) is 0 Å². The van der Waals surface area contributed by atoms with Gasteiger partial charge in [-0.3, -0.25) is 14.6 Å². The van der Waals surface area contributed by atoms with Crippen LogP contribution in [0.4, 0.5) is 0 Å². The largest absolute Gasteiger partial charge is 0.366 e. The molecule has 0 radical (unpaired) electrons. The van der Waals surface area contributed by atoms with Crippen LogP contribution in [0.25, 0.3) is 0 Å². The summed E-state index contributed by atoms with van der Waals surface area (Å²) in [5.74, 6) is -0.790. The standard InChI is InChI=1S/C16H17N3O2/c1-10-5-3-6-12(19-10)9-18-16(21)14-8-4-7-13(11(14)2)15(17)20/h3-8H,9H2,1-2H3,(H2,17,20)(H,18,21). The van der Waals surface area contributed by atoms with E-state index >= 15 is 0 Å². The van der Waals surface area contributed by atoms with E-state index in [1.54, 1.807) is 25.1 Å². The van der Waals surface area contributed by atoms with Crippen molar-refractivity contribution >= 4 is 11.8 Å². The van der Waals surface area contributed by atoms with Crippen LogP contribution in [0, 0.1) is 13.8 Å². The molecule has 3 N–H and O–H groups in total. The second kappa shape index (κ2) is 6.17. The lowest BCUT2D eigenvalue weighted by Gasteiger charge is -2.10. The molecule has 2 amide bonds. The lowest BCUT2D eigenvalue weighted by Crippen LogP contribution is -2.25. The van der Waals surface area contributed by atoms with E-state index in [-0.39, 0.29) is 5.91 Å². The van der Waals surface area contributed by atoms with E-state index in [2.05, 4.69) is 10.3 Å². The van der Waals surface area contributed by atoms with E-state index in [0.29, 0.717) is 23.2 Å². The first-order valence-corrected chi connectivity index (χ1v) is 6.59. The summed E-state index contributed by atoms with van der Waals surface area (Å²) in [5.41, 5.74) is 8.35. The number of benzene rings is 1. The summed E-state index contributed by atoms with van der Waals surface area (Å²) in [6, 6.07) is 10.6. The third-order valence-corrected chi connectivity index (χ3v) is 3.22. The van der Waals surface area contributed by atoms with Gasteiger partial charge in [0.05, 0.1) is 12.2 Å². The molecule has 21 heavy (non-hydrogen) atoms. The number of nitrogens with two attached hydrogens (primary N) is 1. The van der Waals surface area contributed by atoms with Crippen LogP contribution in [0.2, 0.25) is 0 Å². The minimum absolute atomic E-state index is 0.251. The third kappa shape index (κ3) is 3.45. The molecule has 0 aliphatic carbocycles. The molecule has 0 spiro atoms. The fraction of sp³-hybridized carbons (Fsp3) is 0.188. The highest BCUT2D eigenvalue weighted by Gasteiger charge is 2.14. The molecular weight excluding hydrogens is 266 g/mol. The number of amides is 2. The molecule has 5 heteroatoms. The maximum Gasteiger partial charge on any atom is 0.251 e. The summed E-state index contributed by atoms with van der Waals surface area (Å²) in [5, 5.41) is 2.80. The van der Waals surface area contributed by atoms with Crippen LogP contribution in [0.15, 0.2) is 36.4 Å². The maximum atomic E-state index is 12.2. The van der Waals surface area contributed by atoms with Gasteiger partial charge in [0.2, 0.25) is 5.91 Å². The number of nitrogens with one attached hydrogen (secondary N) is 1. The molecule has 2 aromatic rings. The van der Waals surface area contributed by atoms with Gasteiger partial charge in [-0.05, 0) is 43.7 Å². The van der Waals surface area contributed by atoms with Gasteiger partial charge in [-0.2, -0.15) is 0 Å². The molecule has 0 aliphatic heterocycles. The zero-order valence-electron chi connectivity index (χ0n) is 12.0. The average molecular weight is 283 g/mol. The van der Waals surface area contributed by atoms with Crippen LogP contribution < -0.4 is 11.1 Å². The maximum absolute atomic E-state index is 12.2. The van der Waals surface area contributed by atoms with Gasteiger partial charge in [0.25, 0.3) is 5.91 Å². The molecule has 0 fully saturated rings. The van der Waals surface area contributed by atoms with Gasteiger partial charge in [0.15, 0.2) is 0 Å². The first-order chi connectivity index (χ1) is 9.99. The zero-order valence-corrected chi connectivity index (χ0v) is 12.0. The van der Waals surface area contributed by atoms with E-state index < -0.39 is 5.91 Å². The van der Waals surface area contributed by atoms with Crippen LogP contribution in [0.1, 0.15) is 37.7 Å². The number of rotatable bonds is 4. The van der Waals surface area contributed by atoms with Crippen molar-refractivity contribution in [3.8, 4) is 0 Å². The van der Waals surface area contributed by atoms with Gasteiger partial charge in [-0.1, -0.05) is 12.1 Å². The molecule has 0 aliphatic rings. The SMILES string of the molecule is Cc1cccc(CNC(=O)c2cccc(C(N)=O)c2C)n1. The topological polar surface area (TPSA) is 85.1 Å². The molecule has 0 saturated heterocycles. The molecule has 0 atom stereocenters. The number of aryl methyl sites for hydroxylation is 1. The summed E-state index contributed by atoms with van der Waals surface area (Å²) in [6.45, 7) is 3.94. The molecule has 1 aromatic carbocycles. The number of primary amides is 1. The van der Waals surface area contributed by atoms with Crippen molar-refractivity contribution in [2.45, 2.75) is 20.4 Å². The molecule has 0 unspecified atom stereocenters. The highest BCUT2D eigenvalue weighted by Crippen LogP contribution is 2.13. The molecular formula is C16H17N3O2. The fourth-order valence-corrected chi connectivity index (χ4v) is 2.11. The quantitative estimate of drug-likeness (QED) is 0.896. The predicted octanol–water partition coefficient (Wildman–Crippen LogP) is 1.73. The average Bonchev–Trinajstić information content (AvgIpc) is 2.45. The smallest absolute Gasteiger partial charge is 0.251 e. The number of hydrogen-bond acceptors (Lipinski definition) is 3. The molecule has 108 valence electrons. The molecule has 1 heterocycles. The number of aromatic nitrogens is 1. The Kier molecular flexibility index (Phi) is 4.33. The van der Waals surface area contributed by atoms with Crippen LogP contribution in [0.3, 0.4) is 0 Å². The molecule has 2 rings (SSSR count). The summed E-state index contributed by atoms with van der Waals surface area (Å²) in [6.07, 6.45) is 0. The Labute approximate surface area is 123 Å². The number of nitrogens with zero attached hydrogens (tertiary/aromatic N) is 1. The van der Waals surface area contributed by atoms with E-state index in [9.17, 15) is 9.59 Å². The van der Waals surface area contributed by atoms with E-state index in [1.165, 1.54) is 0 Å². The van der Waals surface area contributed by atoms with Crippen LogP contribution >= 0.6 is 0 Å². The number of carbonyl (C=O) groups excluding carboxylic acids is 2. The van der Waals surface area contributed by atoms with Gasteiger partial charge in [-0.15, -0.1) is 0 Å². The van der Waals surface area contributed by atoms with Crippen molar-refractivity contribution < 1.29 is 9.59 Å². The number of pyridine rings is 1. The number of carbonyl (C=O) groups is 2. The van der Waals surface area contributed by atoms with Crippen LogP contribution in [0.5, 0.6) is 0 Å². The van der Waals surface area contributed by atoms with Gasteiger partial charge in [0.1, 0.15) is 0 Å².